The van der Waals surface area contributed by atoms with Crippen molar-refractivity contribution in [2.24, 2.45) is 0 Å². The van der Waals surface area contributed by atoms with Crippen LogP contribution in [0.2, 0.25) is 0 Å². The Kier molecular flexibility index (Phi) is 4.12. The van der Waals surface area contributed by atoms with Gasteiger partial charge in [0.2, 0.25) is 0 Å². The third-order valence-electron chi connectivity index (χ3n) is 2.31. The van der Waals surface area contributed by atoms with Crippen LogP contribution in [-0.2, 0) is 9.47 Å². The van der Waals surface area contributed by atoms with Crippen LogP contribution in [0, 0.1) is 0 Å². The van der Waals surface area contributed by atoms with Gasteiger partial charge < -0.3 is 9.47 Å². The van der Waals surface area contributed by atoms with Crippen LogP contribution in [0.15, 0.2) is 0 Å². The smallest absolute Gasteiger partial charge is 0.382 e. The highest BCUT2D eigenvalue weighted by atomic mass is 19.4. The van der Waals surface area contributed by atoms with Crippen molar-refractivity contribution in [1.29, 1.82) is 0 Å². The van der Waals surface area contributed by atoms with Crippen LogP contribution < -0.4 is 0 Å². The van der Waals surface area contributed by atoms with E-state index in [9.17, 15) is 22.0 Å². The zero-order valence-electron chi connectivity index (χ0n) is 8.69. The van der Waals surface area contributed by atoms with Crippen molar-refractivity contribution in [3.05, 3.63) is 0 Å². The van der Waals surface area contributed by atoms with Crippen molar-refractivity contribution >= 4 is 0 Å². The first-order chi connectivity index (χ1) is 7.28. The Hall–Kier alpha value is -0.430. The number of hydrogen-bond acceptors (Lipinski definition) is 2. The molecule has 1 aliphatic rings. The number of halogens is 5. The molecular formula is C9H13F5O2. The van der Waals surface area contributed by atoms with Crippen LogP contribution in [0.5, 0.6) is 0 Å². The first-order valence-corrected chi connectivity index (χ1v) is 4.95. The Morgan fingerprint density at radius 3 is 2.25 bits per heavy atom. The van der Waals surface area contributed by atoms with Gasteiger partial charge >= 0.3 is 12.1 Å². The van der Waals surface area contributed by atoms with Crippen molar-refractivity contribution in [3.63, 3.8) is 0 Å². The van der Waals surface area contributed by atoms with Gasteiger partial charge in [-0.25, -0.2) is 0 Å². The molecule has 0 aromatic rings. The number of hydrogen-bond donors (Lipinski definition) is 0. The van der Waals surface area contributed by atoms with Crippen LogP contribution in [-0.4, -0.2) is 37.5 Å². The van der Waals surface area contributed by atoms with Gasteiger partial charge in [-0.1, -0.05) is 0 Å². The monoisotopic (exact) mass is 248 g/mol. The minimum Gasteiger partial charge on any atom is -0.382 e. The second-order valence-corrected chi connectivity index (χ2v) is 3.60. The highest BCUT2D eigenvalue weighted by Gasteiger charge is 2.61. The summed E-state index contributed by atoms with van der Waals surface area (Å²) in [4.78, 5) is 0. The molecular weight excluding hydrogens is 235 g/mol. The van der Waals surface area contributed by atoms with E-state index in [1.807, 2.05) is 0 Å². The molecule has 96 valence electrons. The SMILES string of the molecule is CCOCCC1OC1CC(F)(F)C(F)(F)F. The average molecular weight is 248 g/mol. The minimum absolute atomic E-state index is 0.315. The number of rotatable bonds is 6. The molecule has 1 fully saturated rings. The molecule has 0 spiro atoms. The Bertz CT molecular complexity index is 228. The molecule has 16 heavy (non-hydrogen) atoms. The second kappa shape index (κ2) is 4.83. The summed E-state index contributed by atoms with van der Waals surface area (Å²) in [5.74, 6) is -4.67. The standard InChI is InChI=1S/C9H13F5O2/c1-2-15-4-3-6-7(16-6)5-8(10,11)9(12,13)14/h6-7H,2-5H2,1H3. The molecule has 1 aliphatic heterocycles. The summed E-state index contributed by atoms with van der Waals surface area (Å²) < 4.78 is 70.2. The van der Waals surface area contributed by atoms with Crippen molar-refractivity contribution in [2.75, 3.05) is 13.2 Å². The molecule has 1 rings (SSSR count). The highest BCUT2D eigenvalue weighted by molar-refractivity contribution is 4.91. The Labute approximate surface area is 89.7 Å². The van der Waals surface area contributed by atoms with E-state index in [2.05, 4.69) is 0 Å². The molecule has 7 heteroatoms. The molecule has 0 aromatic carbocycles. The second-order valence-electron chi connectivity index (χ2n) is 3.60. The van der Waals surface area contributed by atoms with Gasteiger partial charge in [0.25, 0.3) is 0 Å². The van der Waals surface area contributed by atoms with Gasteiger partial charge in [-0.3, -0.25) is 0 Å². The van der Waals surface area contributed by atoms with E-state index < -0.39 is 30.7 Å². The van der Waals surface area contributed by atoms with E-state index in [4.69, 9.17) is 9.47 Å². The Morgan fingerprint density at radius 1 is 1.12 bits per heavy atom. The fraction of sp³-hybridized carbons (Fsp3) is 1.00. The minimum atomic E-state index is -5.50. The van der Waals surface area contributed by atoms with Crippen molar-refractivity contribution in [1.82, 2.24) is 0 Å². The van der Waals surface area contributed by atoms with Gasteiger partial charge in [-0.2, -0.15) is 22.0 Å². The van der Waals surface area contributed by atoms with Gasteiger partial charge in [-0.05, 0) is 13.3 Å². The van der Waals surface area contributed by atoms with Gasteiger partial charge in [0.05, 0.1) is 12.2 Å². The van der Waals surface area contributed by atoms with Crippen LogP contribution >= 0.6 is 0 Å². The van der Waals surface area contributed by atoms with E-state index >= 15 is 0 Å². The molecule has 0 N–H and O–H groups in total. The average Bonchev–Trinajstić information content (AvgIpc) is 2.81. The van der Waals surface area contributed by atoms with Gasteiger partial charge in [0, 0.05) is 19.6 Å². The Morgan fingerprint density at radius 2 is 1.75 bits per heavy atom. The van der Waals surface area contributed by atoms with E-state index in [1.165, 1.54) is 0 Å². The summed E-state index contributed by atoms with van der Waals surface area (Å²) >= 11 is 0. The zero-order chi connectivity index (χ0) is 12.4. The maximum atomic E-state index is 12.5. The van der Waals surface area contributed by atoms with Gasteiger partial charge in [-0.15, -0.1) is 0 Å². The largest absolute Gasteiger partial charge is 0.453 e. The van der Waals surface area contributed by atoms with E-state index in [-0.39, 0.29) is 0 Å². The lowest BCUT2D eigenvalue weighted by Crippen LogP contribution is -2.37. The molecule has 0 aliphatic carbocycles. The molecule has 2 atom stereocenters. The first kappa shape index (κ1) is 13.6. The number of alkyl halides is 5. The Balaban J connectivity index is 2.26. The molecule has 0 amide bonds. The first-order valence-electron chi connectivity index (χ1n) is 4.95. The summed E-state index contributed by atoms with van der Waals surface area (Å²) in [5.41, 5.74) is 0. The molecule has 2 unspecified atom stereocenters. The number of ether oxygens (including phenoxy) is 2. The summed E-state index contributed by atoms with van der Waals surface area (Å²) in [7, 11) is 0. The van der Waals surface area contributed by atoms with Gasteiger partial charge in [0.1, 0.15) is 0 Å². The lowest BCUT2D eigenvalue weighted by molar-refractivity contribution is -0.285. The molecule has 0 saturated carbocycles. The maximum absolute atomic E-state index is 12.5. The van der Waals surface area contributed by atoms with Crippen LogP contribution in [0.25, 0.3) is 0 Å². The molecule has 0 bridgehead atoms. The lowest BCUT2D eigenvalue weighted by atomic mass is 10.1. The fourth-order valence-electron chi connectivity index (χ4n) is 1.32. The van der Waals surface area contributed by atoms with E-state index in [0.29, 0.717) is 19.6 Å². The third kappa shape index (κ3) is 3.55. The topological polar surface area (TPSA) is 21.8 Å². The molecule has 0 radical (unpaired) electrons. The number of epoxide rings is 1. The summed E-state index contributed by atoms with van der Waals surface area (Å²) in [6.45, 7) is 2.56. The summed E-state index contributed by atoms with van der Waals surface area (Å²) in [6.07, 6.45) is -7.97. The van der Waals surface area contributed by atoms with Crippen LogP contribution in [0.3, 0.4) is 0 Å². The molecule has 1 saturated heterocycles. The van der Waals surface area contributed by atoms with E-state index in [1.54, 1.807) is 6.92 Å². The van der Waals surface area contributed by atoms with Crippen molar-refractivity contribution < 1.29 is 31.4 Å². The molecule has 0 aromatic heterocycles. The fourth-order valence-corrected chi connectivity index (χ4v) is 1.32. The van der Waals surface area contributed by atoms with Crippen LogP contribution in [0.4, 0.5) is 22.0 Å². The third-order valence-corrected chi connectivity index (χ3v) is 2.31. The lowest BCUT2D eigenvalue weighted by Gasteiger charge is -2.18. The molecule has 2 nitrogen and oxygen atoms in total. The summed E-state index contributed by atoms with van der Waals surface area (Å²) in [5, 5.41) is 0. The van der Waals surface area contributed by atoms with Crippen molar-refractivity contribution in [3.8, 4) is 0 Å². The summed E-state index contributed by atoms with van der Waals surface area (Å²) in [6, 6.07) is 0. The highest BCUT2D eigenvalue weighted by Crippen LogP contribution is 2.43. The van der Waals surface area contributed by atoms with E-state index in [0.717, 1.165) is 0 Å². The predicted octanol–water partition coefficient (Wildman–Crippen LogP) is 2.77. The maximum Gasteiger partial charge on any atom is 0.453 e. The quantitative estimate of drug-likeness (QED) is 0.409. The normalized spacial score (nSPS) is 25.9. The van der Waals surface area contributed by atoms with Gasteiger partial charge in [0.15, 0.2) is 0 Å². The molecule has 1 heterocycles. The zero-order valence-corrected chi connectivity index (χ0v) is 8.69. The van der Waals surface area contributed by atoms with Crippen LogP contribution in [0.1, 0.15) is 19.8 Å². The predicted molar refractivity (Wildman–Crippen MR) is 45.4 cm³/mol. The van der Waals surface area contributed by atoms with Crippen molar-refractivity contribution in [2.45, 2.75) is 44.1 Å².